The summed E-state index contributed by atoms with van der Waals surface area (Å²) in [4.78, 5) is 43.6. The summed E-state index contributed by atoms with van der Waals surface area (Å²) in [6, 6.07) is 3.09. The van der Waals surface area contributed by atoms with Crippen LogP contribution in [0.2, 0.25) is 0 Å². The highest BCUT2D eigenvalue weighted by molar-refractivity contribution is 6.39. The molecule has 1 aliphatic carbocycles. The molecule has 3 N–H and O–H groups in total. The van der Waals surface area contributed by atoms with E-state index in [-0.39, 0.29) is 29.3 Å². The van der Waals surface area contributed by atoms with Crippen molar-refractivity contribution >= 4 is 17.6 Å². The number of aryl methyl sites for hydroxylation is 1. The summed E-state index contributed by atoms with van der Waals surface area (Å²) in [6.07, 6.45) is 5.07. The highest BCUT2D eigenvalue weighted by Crippen LogP contribution is 2.18. The lowest BCUT2D eigenvalue weighted by Gasteiger charge is -2.22. The molecule has 0 aliphatic heterocycles. The van der Waals surface area contributed by atoms with Crippen molar-refractivity contribution < 1.29 is 9.59 Å². The van der Waals surface area contributed by atoms with Crippen LogP contribution < -0.4 is 16.2 Å². The van der Waals surface area contributed by atoms with Crippen LogP contribution in [0.25, 0.3) is 5.95 Å². The smallest absolute Gasteiger partial charge is 0.314 e. The number of hydrogen-bond acceptors (Lipinski definition) is 5. The van der Waals surface area contributed by atoms with Gasteiger partial charge < -0.3 is 10.6 Å². The molecule has 28 heavy (non-hydrogen) atoms. The first-order valence-electron chi connectivity index (χ1n) is 9.63. The molecule has 2 aromatic heterocycles. The number of aromatic amines is 1. The zero-order valence-corrected chi connectivity index (χ0v) is 16.4. The SMILES string of the molecule is Cc1cc(NC(=O)C(=O)NC2CCCCC2)n(-c2nc(C(C)C)cc(=O)[nH]2)n1. The van der Waals surface area contributed by atoms with E-state index in [9.17, 15) is 14.4 Å². The third kappa shape index (κ3) is 4.65. The maximum absolute atomic E-state index is 12.4. The number of H-pyrrole nitrogens is 1. The van der Waals surface area contributed by atoms with Gasteiger partial charge in [0.2, 0.25) is 5.95 Å². The maximum Gasteiger partial charge on any atom is 0.314 e. The van der Waals surface area contributed by atoms with Gasteiger partial charge in [-0.2, -0.15) is 9.78 Å². The normalized spacial score (nSPS) is 14.9. The molecule has 3 rings (SSSR count). The number of nitrogens with zero attached hydrogens (tertiary/aromatic N) is 3. The lowest BCUT2D eigenvalue weighted by Crippen LogP contribution is -2.42. The number of amides is 2. The highest BCUT2D eigenvalue weighted by atomic mass is 16.2. The molecule has 9 heteroatoms. The Morgan fingerprint density at radius 1 is 1.18 bits per heavy atom. The van der Waals surface area contributed by atoms with Crippen molar-refractivity contribution in [2.75, 3.05) is 5.32 Å². The van der Waals surface area contributed by atoms with Crippen LogP contribution in [0, 0.1) is 6.92 Å². The number of carbonyl (C=O) groups is 2. The average Bonchev–Trinajstić information content (AvgIpc) is 3.02. The number of anilines is 1. The number of aromatic nitrogens is 4. The summed E-state index contributed by atoms with van der Waals surface area (Å²) >= 11 is 0. The fourth-order valence-electron chi connectivity index (χ4n) is 3.28. The van der Waals surface area contributed by atoms with E-state index in [0.29, 0.717) is 11.4 Å². The van der Waals surface area contributed by atoms with Gasteiger partial charge in [-0.1, -0.05) is 33.1 Å². The Morgan fingerprint density at radius 2 is 1.89 bits per heavy atom. The second-order valence-electron chi connectivity index (χ2n) is 7.49. The number of rotatable bonds is 4. The van der Waals surface area contributed by atoms with Crippen LogP contribution >= 0.6 is 0 Å². The summed E-state index contributed by atoms with van der Waals surface area (Å²) in [6.45, 7) is 5.61. The van der Waals surface area contributed by atoms with Gasteiger partial charge in [0.05, 0.1) is 11.4 Å². The second-order valence-corrected chi connectivity index (χ2v) is 7.49. The first-order valence-corrected chi connectivity index (χ1v) is 9.63. The molecule has 0 unspecified atom stereocenters. The molecule has 150 valence electrons. The van der Waals surface area contributed by atoms with Crippen molar-refractivity contribution in [2.24, 2.45) is 0 Å². The van der Waals surface area contributed by atoms with E-state index in [0.717, 1.165) is 32.1 Å². The highest BCUT2D eigenvalue weighted by Gasteiger charge is 2.22. The van der Waals surface area contributed by atoms with Crippen molar-refractivity contribution in [1.29, 1.82) is 0 Å². The monoisotopic (exact) mass is 386 g/mol. The van der Waals surface area contributed by atoms with E-state index < -0.39 is 11.8 Å². The zero-order chi connectivity index (χ0) is 20.3. The number of carbonyl (C=O) groups excluding carboxylic acids is 2. The van der Waals surface area contributed by atoms with Crippen LogP contribution in [-0.4, -0.2) is 37.6 Å². The molecule has 2 amide bonds. The van der Waals surface area contributed by atoms with Gasteiger partial charge >= 0.3 is 11.8 Å². The van der Waals surface area contributed by atoms with Crippen molar-refractivity contribution in [3.05, 3.63) is 33.9 Å². The molecule has 0 saturated heterocycles. The van der Waals surface area contributed by atoms with Gasteiger partial charge in [-0.05, 0) is 25.7 Å². The van der Waals surface area contributed by atoms with Gasteiger partial charge in [0, 0.05) is 18.2 Å². The van der Waals surface area contributed by atoms with Crippen molar-refractivity contribution in [1.82, 2.24) is 25.1 Å². The molecule has 0 bridgehead atoms. The number of hydrogen-bond donors (Lipinski definition) is 3. The Hall–Kier alpha value is -2.97. The van der Waals surface area contributed by atoms with Crippen molar-refractivity contribution in [3.8, 4) is 5.95 Å². The second kappa shape index (κ2) is 8.37. The molecule has 0 aromatic carbocycles. The Bertz CT molecular complexity index is 924. The molecular weight excluding hydrogens is 360 g/mol. The van der Waals surface area contributed by atoms with E-state index in [1.165, 1.54) is 10.7 Å². The molecule has 1 aliphatic rings. The Balaban J connectivity index is 1.79. The first-order chi connectivity index (χ1) is 13.3. The van der Waals surface area contributed by atoms with Crippen LogP contribution in [0.3, 0.4) is 0 Å². The van der Waals surface area contributed by atoms with Crippen LogP contribution in [0.1, 0.15) is 63.3 Å². The zero-order valence-electron chi connectivity index (χ0n) is 16.4. The minimum absolute atomic E-state index is 0.0411. The molecule has 9 nitrogen and oxygen atoms in total. The average molecular weight is 386 g/mol. The Labute approximate surface area is 162 Å². The summed E-state index contributed by atoms with van der Waals surface area (Å²) in [5.74, 6) is -0.932. The number of nitrogens with one attached hydrogen (secondary N) is 3. The van der Waals surface area contributed by atoms with Crippen LogP contribution in [0.15, 0.2) is 16.9 Å². The fraction of sp³-hybridized carbons (Fsp3) is 0.526. The topological polar surface area (TPSA) is 122 Å². The summed E-state index contributed by atoms with van der Waals surface area (Å²) in [5, 5.41) is 9.65. The van der Waals surface area contributed by atoms with Gasteiger partial charge in [-0.25, -0.2) is 4.98 Å². The van der Waals surface area contributed by atoms with Crippen LogP contribution in [0.4, 0.5) is 5.82 Å². The first kappa shape index (κ1) is 19.8. The molecule has 0 atom stereocenters. The van der Waals surface area contributed by atoms with Gasteiger partial charge in [-0.3, -0.25) is 19.4 Å². The van der Waals surface area contributed by atoms with Gasteiger partial charge in [0.15, 0.2) is 0 Å². The van der Waals surface area contributed by atoms with E-state index in [1.54, 1.807) is 13.0 Å². The quantitative estimate of drug-likeness (QED) is 0.692. The minimum Gasteiger partial charge on any atom is -0.345 e. The summed E-state index contributed by atoms with van der Waals surface area (Å²) in [7, 11) is 0. The third-order valence-corrected chi connectivity index (χ3v) is 4.76. The predicted octanol–water partition coefficient (Wildman–Crippen LogP) is 1.77. The molecule has 0 spiro atoms. The molecular formula is C19H26N6O3. The van der Waals surface area contributed by atoms with E-state index in [4.69, 9.17) is 0 Å². The summed E-state index contributed by atoms with van der Waals surface area (Å²) < 4.78 is 1.33. The molecule has 0 radical (unpaired) electrons. The predicted molar refractivity (Wildman–Crippen MR) is 104 cm³/mol. The minimum atomic E-state index is -0.769. The van der Waals surface area contributed by atoms with Crippen LogP contribution in [-0.2, 0) is 9.59 Å². The fourth-order valence-corrected chi connectivity index (χ4v) is 3.28. The molecule has 2 aromatic rings. The van der Waals surface area contributed by atoms with Gasteiger partial charge in [-0.15, -0.1) is 0 Å². The Kier molecular flexibility index (Phi) is 5.91. The molecule has 1 saturated carbocycles. The van der Waals surface area contributed by atoms with Gasteiger partial charge in [0.1, 0.15) is 5.82 Å². The Morgan fingerprint density at radius 3 is 2.57 bits per heavy atom. The lowest BCUT2D eigenvalue weighted by atomic mass is 9.95. The summed E-state index contributed by atoms with van der Waals surface area (Å²) in [5.41, 5.74) is 0.911. The van der Waals surface area contributed by atoms with Crippen molar-refractivity contribution in [2.45, 2.75) is 64.8 Å². The van der Waals surface area contributed by atoms with Gasteiger partial charge in [0.25, 0.3) is 5.56 Å². The maximum atomic E-state index is 12.4. The molecule has 2 heterocycles. The van der Waals surface area contributed by atoms with Crippen LogP contribution in [0.5, 0.6) is 0 Å². The van der Waals surface area contributed by atoms with E-state index >= 15 is 0 Å². The lowest BCUT2D eigenvalue weighted by molar-refractivity contribution is -0.136. The van der Waals surface area contributed by atoms with E-state index in [2.05, 4.69) is 25.7 Å². The van der Waals surface area contributed by atoms with Crippen molar-refractivity contribution in [3.63, 3.8) is 0 Å². The third-order valence-electron chi connectivity index (χ3n) is 4.76. The largest absolute Gasteiger partial charge is 0.345 e. The van der Waals surface area contributed by atoms with E-state index in [1.807, 2.05) is 13.8 Å². The standard InChI is InChI=1S/C19H26N6O3/c1-11(2)14-10-16(26)23-19(21-14)25-15(9-12(3)24-25)22-18(28)17(27)20-13-7-5-4-6-8-13/h9-11,13H,4-8H2,1-3H3,(H,20,27)(H,22,28)(H,21,23,26). The molecule has 1 fully saturated rings.